The number of piperazine rings is 1. The van der Waals surface area contributed by atoms with Crippen LogP contribution >= 0.6 is 0 Å². The number of anilines is 1. The zero-order valence-electron chi connectivity index (χ0n) is 21.7. The van der Waals surface area contributed by atoms with Gasteiger partial charge in [-0.1, -0.05) is 0 Å². The second-order valence-corrected chi connectivity index (χ2v) is 8.73. The number of ether oxygens (including phenoxy) is 3. The molecule has 0 aliphatic carbocycles. The van der Waals surface area contributed by atoms with Gasteiger partial charge in [-0.05, 0) is 44.2 Å². The number of carbonyl (C=O) groups excluding carboxylic acids is 2. The second-order valence-electron chi connectivity index (χ2n) is 8.73. The number of nitrogens with zero attached hydrogens (tertiary/aromatic N) is 5. The molecule has 1 saturated heterocycles. The van der Waals surface area contributed by atoms with Gasteiger partial charge in [-0.15, -0.1) is 10.2 Å². The lowest BCUT2D eigenvalue weighted by Crippen LogP contribution is -2.53. The molecule has 1 aliphatic rings. The van der Waals surface area contributed by atoms with Crippen LogP contribution in [-0.2, 0) is 9.53 Å². The number of amides is 3. The van der Waals surface area contributed by atoms with Crippen molar-refractivity contribution < 1.29 is 23.8 Å². The number of hydrogen-bond donors (Lipinski definition) is 1. The van der Waals surface area contributed by atoms with Crippen LogP contribution in [0.2, 0.25) is 0 Å². The maximum atomic E-state index is 12.9. The number of urea groups is 1. The molecule has 1 fully saturated rings. The van der Waals surface area contributed by atoms with Gasteiger partial charge in [0.15, 0.2) is 17.3 Å². The van der Waals surface area contributed by atoms with Crippen LogP contribution in [0.4, 0.5) is 10.6 Å². The molecule has 11 nitrogen and oxygen atoms in total. The number of nitrogens with one attached hydrogen (secondary N) is 1. The van der Waals surface area contributed by atoms with E-state index in [2.05, 4.69) is 20.4 Å². The Morgan fingerprint density at radius 1 is 1.00 bits per heavy atom. The van der Waals surface area contributed by atoms with E-state index in [1.807, 2.05) is 44.2 Å². The minimum absolute atomic E-state index is 0.0135. The standard InChI is InChI=1S/C25H36N6O5/c1-18(2)26-25(33)31(14-15-34-3)17-24(32)30-12-10-29(11-13-30)23-9-7-20(27-28-23)19-6-8-21(35-4)22(16-19)36-5/h6-9,16,18H,10-15,17H2,1-5H3,(H,26,33). The third-order valence-corrected chi connectivity index (χ3v) is 5.88. The van der Waals surface area contributed by atoms with Crippen molar-refractivity contribution in [3.63, 3.8) is 0 Å². The SMILES string of the molecule is COCCN(CC(=O)N1CCN(c2ccc(-c3ccc(OC)c(OC)c3)nn2)CC1)C(=O)NC(C)C. The number of carbonyl (C=O) groups is 2. The van der Waals surface area contributed by atoms with Crippen molar-refractivity contribution in [2.75, 3.05) is 72.1 Å². The van der Waals surface area contributed by atoms with Crippen LogP contribution in [0.3, 0.4) is 0 Å². The molecule has 2 aromatic rings. The van der Waals surface area contributed by atoms with Crippen LogP contribution < -0.4 is 19.7 Å². The van der Waals surface area contributed by atoms with E-state index in [1.54, 1.807) is 26.2 Å². The van der Waals surface area contributed by atoms with Gasteiger partial charge in [-0.25, -0.2) is 4.79 Å². The Bertz CT molecular complexity index is 1010. The van der Waals surface area contributed by atoms with Crippen LogP contribution in [0.1, 0.15) is 13.8 Å². The van der Waals surface area contributed by atoms with Crippen molar-refractivity contribution in [3.05, 3.63) is 30.3 Å². The summed E-state index contributed by atoms with van der Waals surface area (Å²) in [7, 11) is 4.77. The van der Waals surface area contributed by atoms with Crippen molar-refractivity contribution in [2.24, 2.45) is 0 Å². The molecule has 0 unspecified atom stereocenters. The van der Waals surface area contributed by atoms with Gasteiger partial charge in [-0.3, -0.25) is 4.79 Å². The first-order chi connectivity index (χ1) is 17.4. The Balaban J connectivity index is 1.57. The number of hydrogen-bond acceptors (Lipinski definition) is 8. The van der Waals surface area contributed by atoms with Gasteiger partial charge in [-0.2, -0.15) is 0 Å². The highest BCUT2D eigenvalue weighted by Crippen LogP contribution is 2.31. The predicted octanol–water partition coefficient (Wildman–Crippen LogP) is 1.88. The zero-order chi connectivity index (χ0) is 26.1. The molecule has 0 radical (unpaired) electrons. The minimum atomic E-state index is -0.265. The Morgan fingerprint density at radius 2 is 1.72 bits per heavy atom. The molecule has 3 amide bonds. The van der Waals surface area contributed by atoms with Gasteiger partial charge in [0, 0.05) is 51.4 Å². The maximum absolute atomic E-state index is 12.9. The summed E-state index contributed by atoms with van der Waals surface area (Å²) in [6.07, 6.45) is 0. The van der Waals surface area contributed by atoms with Crippen LogP contribution in [0.25, 0.3) is 11.3 Å². The monoisotopic (exact) mass is 500 g/mol. The summed E-state index contributed by atoms with van der Waals surface area (Å²) in [6, 6.07) is 9.18. The second kappa shape index (κ2) is 12.9. The molecule has 1 aliphatic heterocycles. The van der Waals surface area contributed by atoms with Gasteiger partial charge in [0.1, 0.15) is 6.54 Å². The Morgan fingerprint density at radius 3 is 2.31 bits per heavy atom. The maximum Gasteiger partial charge on any atom is 0.318 e. The molecule has 2 heterocycles. The summed E-state index contributed by atoms with van der Waals surface area (Å²) < 4.78 is 15.8. The van der Waals surface area contributed by atoms with E-state index in [1.165, 1.54) is 4.90 Å². The highest BCUT2D eigenvalue weighted by Gasteiger charge is 2.25. The topological polar surface area (TPSA) is 109 Å². The van der Waals surface area contributed by atoms with E-state index in [0.717, 1.165) is 17.1 Å². The van der Waals surface area contributed by atoms with Gasteiger partial charge >= 0.3 is 6.03 Å². The number of benzene rings is 1. The summed E-state index contributed by atoms with van der Waals surface area (Å²) in [5.74, 6) is 1.95. The van der Waals surface area contributed by atoms with Crippen molar-refractivity contribution in [1.29, 1.82) is 0 Å². The average Bonchev–Trinajstić information content (AvgIpc) is 2.90. The lowest BCUT2D eigenvalue weighted by Gasteiger charge is -2.36. The highest BCUT2D eigenvalue weighted by molar-refractivity contribution is 5.84. The first-order valence-electron chi connectivity index (χ1n) is 12.0. The molecule has 0 atom stereocenters. The minimum Gasteiger partial charge on any atom is -0.493 e. The highest BCUT2D eigenvalue weighted by atomic mass is 16.5. The van der Waals surface area contributed by atoms with E-state index >= 15 is 0 Å². The van der Waals surface area contributed by atoms with Gasteiger partial charge in [0.25, 0.3) is 0 Å². The molecule has 0 saturated carbocycles. The van der Waals surface area contributed by atoms with Crippen molar-refractivity contribution in [2.45, 2.75) is 19.9 Å². The molecule has 0 bridgehead atoms. The van der Waals surface area contributed by atoms with Crippen LogP contribution in [0, 0.1) is 0 Å². The molecule has 36 heavy (non-hydrogen) atoms. The quantitative estimate of drug-likeness (QED) is 0.527. The van der Waals surface area contributed by atoms with Crippen molar-refractivity contribution >= 4 is 17.8 Å². The third kappa shape index (κ3) is 6.97. The summed E-state index contributed by atoms with van der Waals surface area (Å²) in [4.78, 5) is 30.7. The first-order valence-corrected chi connectivity index (χ1v) is 12.0. The number of rotatable bonds is 10. The fourth-order valence-electron chi connectivity index (χ4n) is 3.88. The molecule has 11 heteroatoms. The molecule has 196 valence electrons. The molecule has 1 aromatic heterocycles. The van der Waals surface area contributed by atoms with E-state index in [4.69, 9.17) is 14.2 Å². The average molecular weight is 501 g/mol. The van der Waals surface area contributed by atoms with Gasteiger partial charge in [0.05, 0.1) is 26.5 Å². The molecule has 1 aromatic carbocycles. The fourth-order valence-corrected chi connectivity index (χ4v) is 3.88. The number of methoxy groups -OCH3 is 3. The Hall–Kier alpha value is -3.60. The smallest absolute Gasteiger partial charge is 0.318 e. The van der Waals surface area contributed by atoms with Crippen LogP contribution in [0.15, 0.2) is 30.3 Å². The molecule has 0 spiro atoms. The van der Waals surface area contributed by atoms with Gasteiger partial charge < -0.3 is 34.2 Å². The molecule has 1 N–H and O–H groups in total. The number of aromatic nitrogens is 2. The summed E-state index contributed by atoms with van der Waals surface area (Å²) in [5.41, 5.74) is 1.60. The van der Waals surface area contributed by atoms with Gasteiger partial charge in [0.2, 0.25) is 5.91 Å². The molecular weight excluding hydrogens is 464 g/mol. The lowest BCUT2D eigenvalue weighted by atomic mass is 10.1. The first kappa shape index (κ1) is 27.0. The molecule has 3 rings (SSSR count). The fraction of sp³-hybridized carbons (Fsp3) is 0.520. The Labute approximate surface area is 212 Å². The van der Waals surface area contributed by atoms with E-state index in [-0.39, 0.29) is 24.5 Å². The van der Waals surface area contributed by atoms with Crippen molar-refractivity contribution in [1.82, 2.24) is 25.3 Å². The normalized spacial score (nSPS) is 13.5. The third-order valence-electron chi connectivity index (χ3n) is 5.88. The largest absolute Gasteiger partial charge is 0.493 e. The summed E-state index contributed by atoms with van der Waals surface area (Å²) >= 11 is 0. The summed E-state index contributed by atoms with van der Waals surface area (Å²) in [5, 5.41) is 11.6. The zero-order valence-corrected chi connectivity index (χ0v) is 21.7. The Kier molecular flexibility index (Phi) is 9.69. The lowest BCUT2D eigenvalue weighted by molar-refractivity contribution is -0.132. The van der Waals surface area contributed by atoms with Crippen LogP contribution in [-0.4, -0.2) is 105 Å². The summed E-state index contributed by atoms with van der Waals surface area (Å²) in [6.45, 7) is 6.85. The van der Waals surface area contributed by atoms with E-state index in [9.17, 15) is 9.59 Å². The predicted molar refractivity (Wildman–Crippen MR) is 136 cm³/mol. The van der Waals surface area contributed by atoms with Crippen molar-refractivity contribution in [3.8, 4) is 22.8 Å². The van der Waals surface area contributed by atoms with E-state index in [0.29, 0.717) is 50.8 Å². The van der Waals surface area contributed by atoms with Crippen LogP contribution in [0.5, 0.6) is 11.5 Å². The molecular formula is C25H36N6O5. The van der Waals surface area contributed by atoms with E-state index < -0.39 is 0 Å².